The second kappa shape index (κ2) is 10.4. The maximum absolute atomic E-state index is 15.2. The first-order valence-corrected chi connectivity index (χ1v) is 13.1. The molecule has 1 fully saturated rings. The molecule has 6 nitrogen and oxygen atoms in total. The lowest BCUT2D eigenvalue weighted by atomic mass is 9.87. The van der Waals surface area contributed by atoms with Crippen molar-refractivity contribution in [2.75, 3.05) is 19.6 Å². The Morgan fingerprint density at radius 1 is 1.11 bits per heavy atom. The largest absolute Gasteiger partial charge is 0.445 e. The number of fused-ring (bicyclic) bond motifs is 1. The fourth-order valence-corrected chi connectivity index (χ4v) is 6.36. The molecule has 0 aliphatic carbocycles. The SMILES string of the molecule is O=C(NC1=NCC2CN(C(=O)OCc3ccccc3)CC2(c2cc(Br)ccc2F)S1)c1ccccc1. The van der Waals surface area contributed by atoms with Crippen LogP contribution in [0.1, 0.15) is 21.5 Å². The molecular weight excluding hydrogens is 545 g/mol. The molecule has 2 heterocycles. The van der Waals surface area contributed by atoms with Crippen LogP contribution in [0.2, 0.25) is 0 Å². The van der Waals surface area contributed by atoms with Gasteiger partial charge in [-0.1, -0.05) is 76.2 Å². The van der Waals surface area contributed by atoms with Crippen molar-refractivity contribution in [3.05, 3.63) is 106 Å². The number of nitrogens with zero attached hydrogens (tertiary/aromatic N) is 2. The molecule has 2 atom stereocenters. The van der Waals surface area contributed by atoms with Crippen LogP contribution in [0, 0.1) is 11.7 Å². The number of amides is 2. The number of hydrogen-bond acceptors (Lipinski definition) is 5. The molecule has 0 spiro atoms. The molecular formula is C27H23BrFN3O3S. The highest BCUT2D eigenvalue weighted by Crippen LogP contribution is 2.52. The molecule has 9 heteroatoms. The summed E-state index contributed by atoms with van der Waals surface area (Å²) in [6.45, 7) is 1.09. The van der Waals surface area contributed by atoms with Crippen LogP contribution in [-0.4, -0.2) is 41.7 Å². The van der Waals surface area contributed by atoms with Gasteiger partial charge in [-0.25, -0.2) is 9.18 Å². The summed E-state index contributed by atoms with van der Waals surface area (Å²) in [5, 5.41) is 3.27. The van der Waals surface area contributed by atoms with Gasteiger partial charge in [0.15, 0.2) is 5.17 Å². The summed E-state index contributed by atoms with van der Waals surface area (Å²) < 4.78 is 20.7. The zero-order chi connectivity index (χ0) is 25.1. The number of likely N-dealkylation sites (tertiary alicyclic amines) is 1. The van der Waals surface area contributed by atoms with Crippen molar-refractivity contribution in [2.24, 2.45) is 10.9 Å². The van der Waals surface area contributed by atoms with Crippen molar-refractivity contribution in [1.82, 2.24) is 10.2 Å². The normalized spacial score (nSPS) is 20.9. The van der Waals surface area contributed by atoms with E-state index in [2.05, 4.69) is 26.2 Å². The van der Waals surface area contributed by atoms with Crippen molar-refractivity contribution in [3.8, 4) is 0 Å². The molecule has 184 valence electrons. The Hall–Kier alpha value is -3.17. The Kier molecular flexibility index (Phi) is 7.11. The third-order valence-electron chi connectivity index (χ3n) is 6.36. The lowest BCUT2D eigenvalue weighted by Crippen LogP contribution is -2.43. The molecule has 3 aromatic rings. The van der Waals surface area contributed by atoms with Gasteiger partial charge >= 0.3 is 6.09 Å². The van der Waals surface area contributed by atoms with E-state index in [-0.39, 0.29) is 30.8 Å². The number of thioether (sulfide) groups is 1. The fourth-order valence-electron chi connectivity index (χ4n) is 4.56. The quantitative estimate of drug-likeness (QED) is 0.446. The number of carbonyl (C=O) groups is 2. The van der Waals surface area contributed by atoms with Gasteiger partial charge in [-0.15, -0.1) is 0 Å². The van der Waals surface area contributed by atoms with E-state index in [1.807, 2.05) is 36.4 Å². The molecule has 0 saturated carbocycles. The van der Waals surface area contributed by atoms with Crippen molar-refractivity contribution in [2.45, 2.75) is 11.4 Å². The van der Waals surface area contributed by atoms with Crippen molar-refractivity contribution in [1.29, 1.82) is 0 Å². The van der Waals surface area contributed by atoms with Gasteiger partial charge in [0.05, 0.1) is 4.75 Å². The summed E-state index contributed by atoms with van der Waals surface area (Å²) >= 11 is 4.75. The number of carbonyl (C=O) groups excluding carboxylic acids is 2. The average molecular weight is 568 g/mol. The van der Waals surface area contributed by atoms with Crippen LogP contribution >= 0.6 is 27.7 Å². The molecule has 0 radical (unpaired) electrons. The third kappa shape index (κ3) is 5.03. The Morgan fingerprint density at radius 2 is 1.83 bits per heavy atom. The second-order valence-electron chi connectivity index (χ2n) is 8.70. The Bertz CT molecular complexity index is 1310. The smallest absolute Gasteiger partial charge is 0.410 e. The van der Waals surface area contributed by atoms with Gasteiger partial charge in [-0.3, -0.25) is 9.79 Å². The summed E-state index contributed by atoms with van der Waals surface area (Å²) in [6.07, 6.45) is -0.460. The Balaban J connectivity index is 1.39. The van der Waals surface area contributed by atoms with E-state index in [4.69, 9.17) is 4.74 Å². The minimum Gasteiger partial charge on any atom is -0.445 e. The molecule has 0 bridgehead atoms. The lowest BCUT2D eigenvalue weighted by molar-refractivity contribution is 0.0976. The van der Waals surface area contributed by atoms with Crippen molar-refractivity contribution in [3.63, 3.8) is 0 Å². The number of amidine groups is 1. The number of rotatable bonds is 4. The Morgan fingerprint density at radius 3 is 2.58 bits per heavy atom. The van der Waals surface area contributed by atoms with Crippen LogP contribution in [0.25, 0.3) is 0 Å². The number of benzene rings is 3. The molecule has 1 N–H and O–H groups in total. The number of nitrogens with one attached hydrogen (secondary N) is 1. The van der Waals surface area contributed by atoms with E-state index in [1.165, 1.54) is 17.8 Å². The molecule has 36 heavy (non-hydrogen) atoms. The van der Waals surface area contributed by atoms with Crippen molar-refractivity contribution >= 4 is 44.9 Å². The van der Waals surface area contributed by atoms with Crippen LogP contribution in [-0.2, 0) is 16.1 Å². The van der Waals surface area contributed by atoms with Crippen molar-refractivity contribution < 1.29 is 18.7 Å². The summed E-state index contributed by atoms with van der Waals surface area (Å²) in [5.74, 6) is -0.818. The Labute approximate surface area is 221 Å². The van der Waals surface area contributed by atoms with E-state index in [0.717, 1.165) is 10.0 Å². The predicted octanol–water partition coefficient (Wildman–Crippen LogP) is 5.58. The molecule has 5 rings (SSSR count). The van der Waals surface area contributed by atoms with Gasteiger partial charge in [0.2, 0.25) is 0 Å². The van der Waals surface area contributed by atoms with Crippen LogP contribution in [0.5, 0.6) is 0 Å². The number of ether oxygens (including phenoxy) is 1. The van der Waals surface area contributed by atoms with Gasteiger partial charge < -0.3 is 15.0 Å². The van der Waals surface area contributed by atoms with E-state index < -0.39 is 10.8 Å². The maximum atomic E-state index is 15.2. The lowest BCUT2D eigenvalue weighted by Gasteiger charge is -2.37. The molecule has 2 aliphatic rings. The minimum absolute atomic E-state index is 0.154. The first-order valence-electron chi connectivity index (χ1n) is 11.5. The minimum atomic E-state index is -0.833. The van der Waals surface area contributed by atoms with E-state index >= 15 is 4.39 Å². The van der Waals surface area contributed by atoms with Crippen LogP contribution < -0.4 is 5.32 Å². The fraction of sp³-hybridized carbons (Fsp3) is 0.222. The molecule has 3 aromatic carbocycles. The number of hydrogen-bond donors (Lipinski definition) is 1. The van der Waals surface area contributed by atoms with E-state index in [1.54, 1.807) is 41.3 Å². The van der Waals surface area contributed by atoms with Gasteiger partial charge in [-0.05, 0) is 35.9 Å². The molecule has 0 aromatic heterocycles. The molecule has 1 saturated heterocycles. The second-order valence-corrected chi connectivity index (χ2v) is 10.9. The number of aliphatic imine (C=N–C) groups is 1. The van der Waals surface area contributed by atoms with E-state index in [9.17, 15) is 9.59 Å². The molecule has 2 amide bonds. The summed E-state index contributed by atoms with van der Waals surface area (Å²) in [4.78, 5) is 32.0. The summed E-state index contributed by atoms with van der Waals surface area (Å²) in [7, 11) is 0. The van der Waals surface area contributed by atoms with Crippen LogP contribution in [0.15, 0.2) is 88.3 Å². The molecule has 2 aliphatic heterocycles. The highest BCUT2D eigenvalue weighted by molar-refractivity contribution is 9.10. The molecule has 2 unspecified atom stereocenters. The van der Waals surface area contributed by atoms with Gasteiger partial charge in [0.1, 0.15) is 12.4 Å². The van der Waals surface area contributed by atoms with Gasteiger partial charge in [0.25, 0.3) is 5.91 Å². The zero-order valence-electron chi connectivity index (χ0n) is 19.2. The van der Waals surface area contributed by atoms with Gasteiger partial charge in [0, 0.05) is 41.2 Å². The maximum Gasteiger partial charge on any atom is 0.410 e. The monoisotopic (exact) mass is 567 g/mol. The average Bonchev–Trinajstić information content (AvgIpc) is 3.30. The first kappa shape index (κ1) is 24.5. The predicted molar refractivity (Wildman–Crippen MR) is 141 cm³/mol. The highest BCUT2D eigenvalue weighted by Gasteiger charge is 2.54. The van der Waals surface area contributed by atoms with Gasteiger partial charge in [-0.2, -0.15) is 0 Å². The van der Waals surface area contributed by atoms with E-state index in [0.29, 0.717) is 29.4 Å². The topological polar surface area (TPSA) is 71.0 Å². The summed E-state index contributed by atoms with van der Waals surface area (Å²) in [6, 6.07) is 23.1. The third-order valence-corrected chi connectivity index (χ3v) is 8.33. The van der Waals surface area contributed by atoms with Crippen LogP contribution in [0.4, 0.5) is 9.18 Å². The number of halogens is 2. The van der Waals surface area contributed by atoms with Crippen LogP contribution in [0.3, 0.4) is 0 Å². The zero-order valence-corrected chi connectivity index (χ0v) is 21.6. The summed E-state index contributed by atoms with van der Waals surface area (Å²) in [5.41, 5.74) is 1.86. The standard InChI is InChI=1S/C27H23BrFN3O3S/c28-21-11-12-23(29)22(13-21)27-17-32(26(34)35-16-18-7-3-1-4-8-18)15-20(27)14-30-25(36-27)31-24(33)19-9-5-2-6-10-19/h1-13,20H,14-17H2,(H,30,31,33). The highest BCUT2D eigenvalue weighted by atomic mass is 79.9. The first-order chi connectivity index (χ1) is 17.4.